The van der Waals surface area contributed by atoms with Gasteiger partial charge in [-0.25, -0.2) is 0 Å². The molecule has 3 aromatic rings. The first kappa shape index (κ1) is 20.7. The smallest absolute Gasteiger partial charge is 0.387 e. The number of halogens is 2. The minimum absolute atomic E-state index is 0.0692. The molecule has 0 saturated carbocycles. The third kappa shape index (κ3) is 5.31. The van der Waals surface area contributed by atoms with Crippen molar-refractivity contribution in [2.75, 3.05) is 6.79 Å². The summed E-state index contributed by atoms with van der Waals surface area (Å²) in [6, 6.07) is 21.0. The summed E-state index contributed by atoms with van der Waals surface area (Å²) in [7, 11) is 0. The molecule has 0 radical (unpaired) electrons. The first-order chi connectivity index (χ1) is 15.1. The first-order valence-electron chi connectivity index (χ1n) is 9.86. The molecule has 4 rings (SSSR count). The summed E-state index contributed by atoms with van der Waals surface area (Å²) in [6.07, 6.45) is 0.834. The maximum atomic E-state index is 12.7. The number of nitrogens with one attached hydrogen (secondary N) is 1. The molecule has 3 aromatic carbocycles. The van der Waals surface area contributed by atoms with E-state index in [1.54, 1.807) is 12.1 Å². The molecule has 1 aliphatic rings. The molecule has 7 heteroatoms. The van der Waals surface area contributed by atoms with E-state index >= 15 is 0 Å². The number of hydrogen-bond donors (Lipinski definition) is 1. The summed E-state index contributed by atoms with van der Waals surface area (Å²) in [4.78, 5) is 12.7. The van der Waals surface area contributed by atoms with Gasteiger partial charge in [0.05, 0.1) is 6.04 Å². The van der Waals surface area contributed by atoms with E-state index < -0.39 is 12.7 Å². The van der Waals surface area contributed by atoms with Crippen molar-refractivity contribution in [2.24, 2.45) is 0 Å². The van der Waals surface area contributed by atoms with Crippen molar-refractivity contribution in [2.45, 2.75) is 25.5 Å². The third-order valence-electron chi connectivity index (χ3n) is 4.95. The molecule has 1 atom stereocenters. The lowest BCUT2D eigenvalue weighted by atomic mass is 9.98. The normalized spacial score (nSPS) is 13.1. The number of carbonyl (C=O) groups is 1. The zero-order valence-corrected chi connectivity index (χ0v) is 16.6. The van der Waals surface area contributed by atoms with Crippen molar-refractivity contribution in [1.29, 1.82) is 0 Å². The van der Waals surface area contributed by atoms with Crippen molar-refractivity contribution in [3.8, 4) is 17.2 Å². The van der Waals surface area contributed by atoms with Gasteiger partial charge in [0.1, 0.15) is 5.75 Å². The van der Waals surface area contributed by atoms with Crippen LogP contribution < -0.4 is 19.5 Å². The first-order valence-corrected chi connectivity index (χ1v) is 9.86. The van der Waals surface area contributed by atoms with Gasteiger partial charge in [-0.2, -0.15) is 8.78 Å². The second-order valence-electron chi connectivity index (χ2n) is 7.05. The fourth-order valence-electron chi connectivity index (χ4n) is 3.43. The molecule has 0 bridgehead atoms. The number of ether oxygens (including phenoxy) is 3. The van der Waals surface area contributed by atoms with E-state index in [0.717, 1.165) is 16.7 Å². The number of alkyl halides is 2. The summed E-state index contributed by atoms with van der Waals surface area (Å²) in [5, 5.41) is 3.05. The lowest BCUT2D eigenvalue weighted by Crippen LogP contribution is -2.29. The van der Waals surface area contributed by atoms with Crippen LogP contribution in [0.3, 0.4) is 0 Å². The third-order valence-corrected chi connectivity index (χ3v) is 4.95. The SMILES string of the molecule is O=C(CCc1ccc2c(c1)OCO2)NC(c1ccccc1)c1ccc(OC(F)F)cc1. The molecule has 160 valence electrons. The molecule has 1 N–H and O–H groups in total. The Morgan fingerprint density at radius 1 is 0.935 bits per heavy atom. The molecule has 0 aliphatic carbocycles. The summed E-state index contributed by atoms with van der Waals surface area (Å²) >= 11 is 0. The predicted octanol–water partition coefficient (Wildman–Crippen LogP) is 4.86. The Morgan fingerprint density at radius 3 is 2.39 bits per heavy atom. The van der Waals surface area contributed by atoms with Crippen molar-refractivity contribution in [1.82, 2.24) is 5.32 Å². The Labute approximate surface area is 178 Å². The number of fused-ring (bicyclic) bond motifs is 1. The van der Waals surface area contributed by atoms with Crippen LogP contribution in [0.25, 0.3) is 0 Å². The second kappa shape index (κ2) is 9.47. The quantitative estimate of drug-likeness (QED) is 0.560. The lowest BCUT2D eigenvalue weighted by Gasteiger charge is -2.20. The van der Waals surface area contributed by atoms with Crippen LogP contribution in [0, 0.1) is 0 Å². The second-order valence-corrected chi connectivity index (χ2v) is 7.05. The Bertz CT molecular complexity index is 1030. The number of benzene rings is 3. The highest BCUT2D eigenvalue weighted by Crippen LogP contribution is 2.33. The molecule has 1 aliphatic heterocycles. The van der Waals surface area contributed by atoms with E-state index in [-0.39, 0.29) is 24.9 Å². The van der Waals surface area contributed by atoms with Crippen LogP contribution >= 0.6 is 0 Å². The molecule has 0 aromatic heterocycles. The van der Waals surface area contributed by atoms with Crippen LogP contribution in [0.2, 0.25) is 0 Å². The Morgan fingerprint density at radius 2 is 1.65 bits per heavy atom. The van der Waals surface area contributed by atoms with Gasteiger partial charge in [0.15, 0.2) is 11.5 Å². The number of rotatable bonds is 8. The zero-order valence-electron chi connectivity index (χ0n) is 16.6. The Kier molecular flexibility index (Phi) is 6.31. The van der Waals surface area contributed by atoms with Crippen molar-refractivity contribution < 1.29 is 27.8 Å². The summed E-state index contributed by atoms with van der Waals surface area (Å²) < 4.78 is 39.9. The monoisotopic (exact) mass is 425 g/mol. The fourth-order valence-corrected chi connectivity index (χ4v) is 3.43. The average molecular weight is 425 g/mol. The molecule has 0 fully saturated rings. The van der Waals surface area contributed by atoms with Crippen LogP contribution in [0.15, 0.2) is 72.8 Å². The van der Waals surface area contributed by atoms with E-state index in [1.165, 1.54) is 12.1 Å². The molecule has 0 saturated heterocycles. The maximum absolute atomic E-state index is 12.7. The summed E-state index contributed by atoms with van der Waals surface area (Å²) in [5.74, 6) is 1.34. The van der Waals surface area contributed by atoms with Gasteiger partial charge in [0.25, 0.3) is 0 Å². The maximum Gasteiger partial charge on any atom is 0.387 e. The molecule has 5 nitrogen and oxygen atoms in total. The minimum atomic E-state index is -2.88. The average Bonchev–Trinajstić information content (AvgIpc) is 3.25. The van der Waals surface area contributed by atoms with Crippen LogP contribution in [-0.2, 0) is 11.2 Å². The van der Waals surface area contributed by atoms with Crippen molar-refractivity contribution >= 4 is 5.91 Å². The van der Waals surface area contributed by atoms with Crippen LogP contribution in [0.4, 0.5) is 8.78 Å². The molecular formula is C24H21F2NO4. The summed E-state index contributed by atoms with van der Waals surface area (Å²) in [6.45, 7) is -2.68. The molecule has 1 amide bonds. The van der Waals surface area contributed by atoms with Gasteiger partial charge < -0.3 is 19.5 Å². The van der Waals surface area contributed by atoms with E-state index in [1.807, 2.05) is 48.5 Å². The summed E-state index contributed by atoms with van der Waals surface area (Å²) in [5.41, 5.74) is 2.63. The number of aryl methyl sites for hydroxylation is 1. The molecule has 1 unspecified atom stereocenters. The van der Waals surface area contributed by atoms with E-state index in [4.69, 9.17) is 9.47 Å². The zero-order chi connectivity index (χ0) is 21.6. The number of amides is 1. The van der Waals surface area contributed by atoms with E-state index in [9.17, 15) is 13.6 Å². The Balaban J connectivity index is 1.45. The highest BCUT2D eigenvalue weighted by molar-refractivity contribution is 5.77. The van der Waals surface area contributed by atoms with Gasteiger partial charge in [-0.05, 0) is 47.4 Å². The molecular weight excluding hydrogens is 404 g/mol. The van der Waals surface area contributed by atoms with Gasteiger partial charge in [-0.15, -0.1) is 0 Å². The minimum Gasteiger partial charge on any atom is -0.454 e. The number of carbonyl (C=O) groups excluding carboxylic acids is 1. The molecule has 0 spiro atoms. The van der Waals surface area contributed by atoms with E-state index in [0.29, 0.717) is 17.9 Å². The lowest BCUT2D eigenvalue weighted by molar-refractivity contribution is -0.121. The van der Waals surface area contributed by atoms with Gasteiger partial charge in [-0.1, -0.05) is 48.5 Å². The number of hydrogen-bond acceptors (Lipinski definition) is 4. The highest BCUT2D eigenvalue weighted by Gasteiger charge is 2.18. The predicted molar refractivity (Wildman–Crippen MR) is 110 cm³/mol. The van der Waals surface area contributed by atoms with E-state index in [2.05, 4.69) is 10.1 Å². The fraction of sp³-hybridized carbons (Fsp3) is 0.208. The topological polar surface area (TPSA) is 56.8 Å². The van der Waals surface area contributed by atoms with Gasteiger partial charge in [0.2, 0.25) is 12.7 Å². The van der Waals surface area contributed by atoms with Crippen LogP contribution in [0.5, 0.6) is 17.2 Å². The van der Waals surface area contributed by atoms with Gasteiger partial charge >= 0.3 is 6.61 Å². The molecule has 1 heterocycles. The van der Waals surface area contributed by atoms with Crippen molar-refractivity contribution in [3.05, 3.63) is 89.5 Å². The van der Waals surface area contributed by atoms with Crippen molar-refractivity contribution in [3.63, 3.8) is 0 Å². The molecule has 31 heavy (non-hydrogen) atoms. The van der Waals surface area contributed by atoms with Crippen LogP contribution in [-0.4, -0.2) is 19.3 Å². The standard InChI is InChI=1S/C24H21F2NO4/c25-24(26)31-19-10-8-18(9-11-19)23(17-4-2-1-3-5-17)27-22(28)13-7-16-6-12-20-21(14-16)30-15-29-20/h1-6,8-12,14,23-24H,7,13,15H2,(H,27,28). The van der Waals surface area contributed by atoms with Gasteiger partial charge in [0, 0.05) is 6.42 Å². The van der Waals surface area contributed by atoms with Gasteiger partial charge in [-0.3, -0.25) is 4.79 Å². The highest BCUT2D eigenvalue weighted by atomic mass is 19.3. The largest absolute Gasteiger partial charge is 0.454 e. The van der Waals surface area contributed by atoms with Crippen LogP contribution in [0.1, 0.15) is 29.2 Å². The Hall–Kier alpha value is -3.61.